The largest absolute Gasteiger partial charge is 0.496 e. The SMILES string of the molecule is CCOC(=O)C1=C(C)Nc2nc(SC)[nH]c(=O)c2C1c1cc(OC)c(OC)cc1OC. The average molecular weight is 448 g/mol. The number of H-pyrrole nitrogens is 1. The first-order valence-corrected chi connectivity index (χ1v) is 10.8. The summed E-state index contributed by atoms with van der Waals surface area (Å²) in [6.45, 7) is 3.67. The molecule has 166 valence electrons. The summed E-state index contributed by atoms with van der Waals surface area (Å²) in [7, 11) is 4.53. The minimum absolute atomic E-state index is 0.193. The molecule has 2 aromatic rings. The zero-order valence-corrected chi connectivity index (χ0v) is 19.1. The van der Waals surface area contributed by atoms with E-state index in [-0.39, 0.29) is 17.7 Å². The van der Waals surface area contributed by atoms with Gasteiger partial charge in [0.1, 0.15) is 11.6 Å². The fourth-order valence-corrected chi connectivity index (χ4v) is 3.97. The van der Waals surface area contributed by atoms with Crippen LogP contribution >= 0.6 is 11.8 Å². The first-order chi connectivity index (χ1) is 14.9. The maximum atomic E-state index is 13.1. The van der Waals surface area contributed by atoms with Gasteiger partial charge in [-0.3, -0.25) is 4.79 Å². The number of carbonyl (C=O) groups excluding carboxylic acids is 1. The van der Waals surface area contributed by atoms with Crippen LogP contribution in [0.5, 0.6) is 17.2 Å². The second kappa shape index (κ2) is 9.34. The predicted molar refractivity (Wildman–Crippen MR) is 118 cm³/mol. The Kier molecular flexibility index (Phi) is 6.79. The minimum atomic E-state index is -0.794. The molecule has 1 aliphatic heterocycles. The number of carbonyl (C=O) groups is 1. The van der Waals surface area contributed by atoms with Gasteiger partial charge in [0.05, 0.1) is 45.0 Å². The molecule has 0 bridgehead atoms. The van der Waals surface area contributed by atoms with E-state index in [4.69, 9.17) is 18.9 Å². The van der Waals surface area contributed by atoms with Gasteiger partial charge < -0.3 is 29.2 Å². The molecular weight excluding hydrogens is 422 g/mol. The van der Waals surface area contributed by atoms with E-state index in [1.165, 1.54) is 33.1 Å². The lowest BCUT2D eigenvalue weighted by atomic mass is 9.81. The van der Waals surface area contributed by atoms with Crippen LogP contribution in [0.25, 0.3) is 0 Å². The standard InChI is InChI=1S/C21H25N3O6S/c1-7-30-20(26)15-10(2)22-18-17(19(25)24-21(23-18)31-6)16(15)11-8-13(28-4)14(29-5)9-12(11)27-3/h8-9,16H,7H2,1-6H3,(H2,22,23,24,25). The van der Waals surface area contributed by atoms with Crippen LogP contribution in [0.3, 0.4) is 0 Å². The molecule has 3 rings (SSSR count). The Balaban J connectivity index is 2.37. The number of nitrogens with zero attached hydrogens (tertiary/aromatic N) is 1. The molecule has 9 nitrogen and oxygen atoms in total. The van der Waals surface area contributed by atoms with E-state index in [2.05, 4.69) is 15.3 Å². The highest BCUT2D eigenvalue weighted by Crippen LogP contribution is 2.46. The molecule has 0 radical (unpaired) electrons. The Morgan fingerprint density at radius 1 is 1.13 bits per heavy atom. The van der Waals surface area contributed by atoms with Crippen LogP contribution in [0.4, 0.5) is 5.82 Å². The number of ether oxygens (including phenoxy) is 4. The van der Waals surface area contributed by atoms with E-state index in [9.17, 15) is 9.59 Å². The Hall–Kier alpha value is -3.14. The number of esters is 1. The van der Waals surface area contributed by atoms with E-state index in [0.29, 0.717) is 45.1 Å². The number of fused-ring (bicyclic) bond motifs is 1. The molecule has 1 aromatic carbocycles. The molecular formula is C21H25N3O6S. The van der Waals surface area contributed by atoms with Gasteiger partial charge in [0.25, 0.3) is 5.56 Å². The zero-order valence-electron chi connectivity index (χ0n) is 18.2. The molecule has 0 saturated carbocycles. The van der Waals surface area contributed by atoms with E-state index in [1.54, 1.807) is 26.0 Å². The Labute approximate surface area is 184 Å². The minimum Gasteiger partial charge on any atom is -0.496 e. The molecule has 1 aromatic heterocycles. The first kappa shape index (κ1) is 22.5. The lowest BCUT2D eigenvalue weighted by Gasteiger charge is -2.30. The highest BCUT2D eigenvalue weighted by Gasteiger charge is 2.38. The van der Waals surface area contributed by atoms with E-state index in [0.717, 1.165) is 0 Å². The lowest BCUT2D eigenvalue weighted by Crippen LogP contribution is -2.31. The fourth-order valence-electron chi connectivity index (χ4n) is 3.60. The molecule has 2 N–H and O–H groups in total. The molecule has 1 aliphatic rings. The number of thioether (sulfide) groups is 1. The highest BCUT2D eigenvalue weighted by atomic mass is 32.2. The van der Waals surface area contributed by atoms with Crippen LogP contribution in [0.2, 0.25) is 0 Å². The van der Waals surface area contributed by atoms with Crippen LogP contribution in [0.15, 0.2) is 33.4 Å². The number of aromatic nitrogens is 2. The summed E-state index contributed by atoms with van der Waals surface area (Å²) in [6.07, 6.45) is 1.81. The van der Waals surface area contributed by atoms with Gasteiger partial charge >= 0.3 is 5.97 Å². The van der Waals surface area contributed by atoms with Crippen molar-refractivity contribution < 1.29 is 23.7 Å². The molecule has 10 heteroatoms. The third-order valence-electron chi connectivity index (χ3n) is 4.96. The first-order valence-electron chi connectivity index (χ1n) is 9.53. The lowest BCUT2D eigenvalue weighted by molar-refractivity contribution is -0.138. The third-order valence-corrected chi connectivity index (χ3v) is 5.54. The molecule has 31 heavy (non-hydrogen) atoms. The van der Waals surface area contributed by atoms with Crippen molar-refractivity contribution in [2.45, 2.75) is 24.9 Å². The van der Waals surface area contributed by atoms with Crippen molar-refractivity contribution in [3.63, 3.8) is 0 Å². The number of benzene rings is 1. The summed E-state index contributed by atoms with van der Waals surface area (Å²) >= 11 is 1.31. The number of rotatable bonds is 7. The number of allylic oxidation sites excluding steroid dienone is 1. The predicted octanol–water partition coefficient (Wildman–Crippen LogP) is 2.91. The zero-order chi connectivity index (χ0) is 22.7. The number of aromatic amines is 1. The molecule has 1 atom stereocenters. The van der Waals surface area contributed by atoms with Crippen LogP contribution in [-0.2, 0) is 9.53 Å². The van der Waals surface area contributed by atoms with Gasteiger partial charge in [0.15, 0.2) is 16.7 Å². The van der Waals surface area contributed by atoms with Crippen molar-refractivity contribution in [2.75, 3.05) is 39.5 Å². The maximum Gasteiger partial charge on any atom is 0.336 e. The second-order valence-electron chi connectivity index (χ2n) is 6.60. The van der Waals surface area contributed by atoms with Crippen molar-refractivity contribution in [3.8, 4) is 17.2 Å². The van der Waals surface area contributed by atoms with Crippen molar-refractivity contribution in [1.29, 1.82) is 0 Å². The monoisotopic (exact) mass is 447 g/mol. The molecule has 0 spiro atoms. The van der Waals surface area contributed by atoms with Crippen molar-refractivity contribution >= 4 is 23.5 Å². The molecule has 1 unspecified atom stereocenters. The van der Waals surface area contributed by atoms with Gasteiger partial charge in [0.2, 0.25) is 0 Å². The van der Waals surface area contributed by atoms with Gasteiger partial charge in [-0.25, -0.2) is 9.78 Å². The summed E-state index contributed by atoms with van der Waals surface area (Å²) in [5.74, 6) is 0.370. The Morgan fingerprint density at radius 3 is 2.35 bits per heavy atom. The summed E-state index contributed by atoms with van der Waals surface area (Å²) in [4.78, 5) is 33.3. The summed E-state index contributed by atoms with van der Waals surface area (Å²) in [6, 6.07) is 3.36. The van der Waals surface area contributed by atoms with Crippen molar-refractivity contribution in [3.05, 3.63) is 44.9 Å². The van der Waals surface area contributed by atoms with Crippen molar-refractivity contribution in [1.82, 2.24) is 9.97 Å². The number of hydrogen-bond donors (Lipinski definition) is 2. The molecule has 0 fully saturated rings. The maximum absolute atomic E-state index is 13.1. The van der Waals surface area contributed by atoms with Gasteiger partial charge in [-0.05, 0) is 26.2 Å². The van der Waals surface area contributed by atoms with Gasteiger partial charge in [0, 0.05) is 17.3 Å². The van der Waals surface area contributed by atoms with E-state index >= 15 is 0 Å². The Bertz CT molecular complexity index is 1100. The fraction of sp³-hybridized carbons (Fsp3) is 0.381. The van der Waals surface area contributed by atoms with Gasteiger partial charge in [-0.2, -0.15) is 0 Å². The normalized spacial score (nSPS) is 15.1. The summed E-state index contributed by atoms with van der Waals surface area (Å²) in [5.41, 5.74) is 1.31. The van der Waals surface area contributed by atoms with Crippen LogP contribution < -0.4 is 25.1 Å². The topological polar surface area (TPSA) is 112 Å². The van der Waals surface area contributed by atoms with Crippen molar-refractivity contribution in [2.24, 2.45) is 0 Å². The van der Waals surface area contributed by atoms with Gasteiger partial charge in [-0.15, -0.1) is 0 Å². The second-order valence-corrected chi connectivity index (χ2v) is 7.40. The third kappa shape index (κ3) is 4.07. The molecule has 0 aliphatic carbocycles. The smallest absolute Gasteiger partial charge is 0.336 e. The van der Waals surface area contributed by atoms with E-state index in [1.807, 2.05) is 6.26 Å². The van der Waals surface area contributed by atoms with Crippen LogP contribution in [-0.4, -0.2) is 50.1 Å². The molecule has 0 saturated heterocycles. The number of anilines is 1. The van der Waals surface area contributed by atoms with E-state index < -0.39 is 11.9 Å². The summed E-state index contributed by atoms with van der Waals surface area (Å²) in [5, 5.41) is 3.55. The molecule has 0 amide bonds. The quantitative estimate of drug-likeness (QED) is 0.376. The number of methoxy groups -OCH3 is 3. The van der Waals surface area contributed by atoms with Crippen LogP contribution in [0, 0.1) is 0 Å². The highest BCUT2D eigenvalue weighted by molar-refractivity contribution is 7.98. The van der Waals surface area contributed by atoms with Gasteiger partial charge in [-0.1, -0.05) is 11.8 Å². The summed E-state index contributed by atoms with van der Waals surface area (Å²) < 4.78 is 21.7. The Morgan fingerprint density at radius 2 is 1.77 bits per heavy atom. The average Bonchev–Trinajstić information content (AvgIpc) is 2.76. The molecule has 2 heterocycles. The number of hydrogen-bond acceptors (Lipinski definition) is 9. The van der Waals surface area contributed by atoms with Crippen LogP contribution in [0.1, 0.15) is 30.9 Å². The number of nitrogens with one attached hydrogen (secondary N) is 2.